The van der Waals surface area contributed by atoms with Gasteiger partial charge in [-0.1, -0.05) is 25.4 Å². The highest BCUT2D eigenvalue weighted by molar-refractivity contribution is 6.29. The Kier molecular flexibility index (Phi) is 7.72. The Hall–Kier alpha value is -3.66. The van der Waals surface area contributed by atoms with Crippen molar-refractivity contribution in [2.75, 3.05) is 0 Å². The fourth-order valence-electron chi connectivity index (χ4n) is 3.00. The molecule has 0 atom stereocenters. The second kappa shape index (κ2) is 10.5. The average molecular weight is 493 g/mol. The third-order valence-electron chi connectivity index (χ3n) is 4.51. The molecule has 11 heteroatoms. The molecule has 0 amide bonds. The lowest BCUT2D eigenvalue weighted by atomic mass is 10.2. The minimum absolute atomic E-state index is 0.0119. The predicted molar refractivity (Wildman–Crippen MR) is 121 cm³/mol. The number of benzene rings is 1. The minimum Gasteiger partial charge on any atom is -0.416 e. The SMILES string of the molecule is CC.Cc1ccc(-c2nnc(-c3ccc(OC(F)(F)F)cc3)o2)c(=O)n1Cc1ccnc(Cl)c1. The summed E-state index contributed by atoms with van der Waals surface area (Å²) in [6.07, 6.45) is -3.23. The van der Waals surface area contributed by atoms with Crippen molar-refractivity contribution in [3.8, 4) is 28.7 Å². The molecule has 3 aromatic heterocycles. The molecule has 4 aromatic rings. The fourth-order valence-corrected chi connectivity index (χ4v) is 3.20. The van der Waals surface area contributed by atoms with Gasteiger partial charge in [-0.3, -0.25) is 4.79 Å². The second-order valence-electron chi connectivity index (χ2n) is 6.75. The van der Waals surface area contributed by atoms with Gasteiger partial charge >= 0.3 is 6.36 Å². The van der Waals surface area contributed by atoms with Gasteiger partial charge in [-0.2, -0.15) is 0 Å². The van der Waals surface area contributed by atoms with E-state index in [9.17, 15) is 18.0 Å². The molecule has 1 aromatic carbocycles. The molecule has 0 fully saturated rings. The molecular formula is C23H20ClF3N4O3. The lowest BCUT2D eigenvalue weighted by Gasteiger charge is -2.11. The zero-order valence-corrected chi connectivity index (χ0v) is 19.2. The molecule has 7 nitrogen and oxygen atoms in total. The Morgan fingerprint density at radius 2 is 1.71 bits per heavy atom. The molecule has 0 radical (unpaired) electrons. The summed E-state index contributed by atoms with van der Waals surface area (Å²) in [6.45, 7) is 6.06. The standard InChI is InChI=1S/C21H14ClF3N4O3.C2H6/c1-12-2-7-16(20(30)29(12)11-13-8-9-26-17(22)10-13)19-28-27-18(31-19)14-3-5-15(6-4-14)32-21(23,24)25;1-2/h2-10H,11H2,1H3;1-2H3. The van der Waals surface area contributed by atoms with Crippen molar-refractivity contribution in [1.29, 1.82) is 0 Å². The number of rotatable bonds is 5. The number of ether oxygens (including phenoxy) is 1. The molecule has 0 unspecified atom stereocenters. The lowest BCUT2D eigenvalue weighted by Crippen LogP contribution is -2.24. The van der Waals surface area contributed by atoms with Crippen molar-refractivity contribution in [3.05, 3.63) is 81.5 Å². The maximum absolute atomic E-state index is 13.1. The van der Waals surface area contributed by atoms with E-state index in [4.69, 9.17) is 16.0 Å². The third kappa shape index (κ3) is 6.02. The van der Waals surface area contributed by atoms with Crippen molar-refractivity contribution in [2.24, 2.45) is 0 Å². The number of pyridine rings is 2. The molecule has 34 heavy (non-hydrogen) atoms. The van der Waals surface area contributed by atoms with Crippen LogP contribution >= 0.6 is 11.6 Å². The molecule has 0 aliphatic carbocycles. The third-order valence-corrected chi connectivity index (χ3v) is 4.72. The molecule has 4 rings (SSSR count). The Morgan fingerprint density at radius 1 is 1.03 bits per heavy atom. The Balaban J connectivity index is 0.00000158. The van der Waals surface area contributed by atoms with Crippen LogP contribution in [-0.2, 0) is 6.54 Å². The van der Waals surface area contributed by atoms with Crippen LogP contribution in [0.5, 0.6) is 5.75 Å². The van der Waals surface area contributed by atoms with E-state index in [1.165, 1.54) is 16.7 Å². The molecule has 0 aliphatic rings. The summed E-state index contributed by atoms with van der Waals surface area (Å²) in [5.41, 5.74) is 1.72. The highest BCUT2D eigenvalue weighted by Gasteiger charge is 2.31. The van der Waals surface area contributed by atoms with Crippen LogP contribution in [0.3, 0.4) is 0 Å². The Labute approximate surface area is 197 Å². The van der Waals surface area contributed by atoms with Crippen molar-refractivity contribution < 1.29 is 22.3 Å². The zero-order valence-electron chi connectivity index (χ0n) is 18.4. The van der Waals surface area contributed by atoms with Crippen molar-refractivity contribution in [2.45, 2.75) is 33.7 Å². The van der Waals surface area contributed by atoms with Crippen molar-refractivity contribution in [1.82, 2.24) is 19.7 Å². The minimum atomic E-state index is -4.79. The quantitative estimate of drug-likeness (QED) is 0.323. The van der Waals surface area contributed by atoms with Gasteiger partial charge in [0.25, 0.3) is 11.4 Å². The Morgan fingerprint density at radius 3 is 2.35 bits per heavy atom. The molecule has 3 heterocycles. The van der Waals surface area contributed by atoms with Crippen LogP contribution in [0.4, 0.5) is 13.2 Å². The molecular weight excluding hydrogens is 473 g/mol. The number of halogens is 4. The van der Waals surface area contributed by atoms with Gasteiger partial charge in [0.2, 0.25) is 5.89 Å². The van der Waals surface area contributed by atoms with E-state index in [1.54, 1.807) is 37.4 Å². The number of aromatic nitrogens is 4. The van der Waals surface area contributed by atoms with Crippen LogP contribution in [0.15, 0.2) is 63.9 Å². The average Bonchev–Trinajstić information content (AvgIpc) is 3.27. The maximum Gasteiger partial charge on any atom is 0.573 e. The summed E-state index contributed by atoms with van der Waals surface area (Å²) in [5.74, 6) is -0.341. The van der Waals surface area contributed by atoms with Crippen LogP contribution < -0.4 is 10.3 Å². The summed E-state index contributed by atoms with van der Waals surface area (Å²) in [6, 6.07) is 11.7. The van der Waals surface area contributed by atoms with E-state index in [0.29, 0.717) is 16.4 Å². The van der Waals surface area contributed by atoms with Gasteiger partial charge < -0.3 is 13.7 Å². The summed E-state index contributed by atoms with van der Waals surface area (Å²) in [5, 5.41) is 8.14. The number of hydrogen-bond donors (Lipinski definition) is 0. The van der Waals surface area contributed by atoms with E-state index in [-0.39, 0.29) is 35.2 Å². The van der Waals surface area contributed by atoms with E-state index >= 15 is 0 Å². The van der Waals surface area contributed by atoms with Gasteiger partial charge in [0, 0.05) is 17.5 Å². The van der Waals surface area contributed by atoms with Crippen LogP contribution in [0.2, 0.25) is 5.15 Å². The first kappa shape index (κ1) is 25.0. The molecule has 0 saturated heterocycles. The maximum atomic E-state index is 13.1. The van der Waals surface area contributed by atoms with Crippen LogP contribution in [0.25, 0.3) is 22.9 Å². The van der Waals surface area contributed by atoms with Gasteiger partial charge in [0.05, 0.1) is 6.54 Å². The first-order valence-electron chi connectivity index (χ1n) is 10.2. The van der Waals surface area contributed by atoms with Crippen LogP contribution in [-0.4, -0.2) is 26.1 Å². The second-order valence-corrected chi connectivity index (χ2v) is 7.14. The molecule has 0 spiro atoms. The normalized spacial score (nSPS) is 11.0. The lowest BCUT2D eigenvalue weighted by molar-refractivity contribution is -0.274. The van der Waals surface area contributed by atoms with Gasteiger partial charge in [0.15, 0.2) is 0 Å². The first-order chi connectivity index (χ1) is 16.2. The summed E-state index contributed by atoms with van der Waals surface area (Å²) in [7, 11) is 0. The van der Waals surface area contributed by atoms with E-state index in [1.807, 2.05) is 13.8 Å². The summed E-state index contributed by atoms with van der Waals surface area (Å²) < 4.78 is 47.9. The highest BCUT2D eigenvalue weighted by atomic mass is 35.5. The van der Waals surface area contributed by atoms with E-state index < -0.39 is 6.36 Å². The molecule has 178 valence electrons. The van der Waals surface area contributed by atoms with Gasteiger partial charge in [-0.05, 0) is 61.0 Å². The van der Waals surface area contributed by atoms with Gasteiger partial charge in [-0.15, -0.1) is 23.4 Å². The summed E-state index contributed by atoms with van der Waals surface area (Å²) in [4.78, 5) is 17.0. The number of nitrogens with zero attached hydrogens (tertiary/aromatic N) is 4. The predicted octanol–water partition coefficient (Wildman–Crippen LogP) is 5.90. The number of alkyl halides is 3. The van der Waals surface area contributed by atoms with Crippen LogP contribution in [0, 0.1) is 6.92 Å². The first-order valence-corrected chi connectivity index (χ1v) is 10.6. The van der Waals surface area contributed by atoms with Crippen LogP contribution in [0.1, 0.15) is 25.1 Å². The Bertz CT molecular complexity index is 1320. The monoisotopic (exact) mass is 492 g/mol. The van der Waals surface area contributed by atoms with E-state index in [0.717, 1.165) is 17.7 Å². The summed E-state index contributed by atoms with van der Waals surface area (Å²) >= 11 is 5.92. The molecule has 0 aliphatic heterocycles. The number of hydrogen-bond acceptors (Lipinski definition) is 6. The molecule has 0 N–H and O–H groups in total. The smallest absolute Gasteiger partial charge is 0.416 e. The highest BCUT2D eigenvalue weighted by Crippen LogP contribution is 2.27. The van der Waals surface area contributed by atoms with Crippen molar-refractivity contribution in [3.63, 3.8) is 0 Å². The molecule has 0 saturated carbocycles. The van der Waals surface area contributed by atoms with Crippen molar-refractivity contribution >= 4 is 11.6 Å². The molecule has 0 bridgehead atoms. The van der Waals surface area contributed by atoms with Gasteiger partial charge in [-0.25, -0.2) is 4.98 Å². The topological polar surface area (TPSA) is 83.0 Å². The number of aryl methyl sites for hydroxylation is 1. The van der Waals surface area contributed by atoms with Gasteiger partial charge in [0.1, 0.15) is 16.5 Å². The zero-order chi connectivity index (χ0) is 24.9. The fraction of sp³-hybridized carbons (Fsp3) is 0.217. The van der Waals surface area contributed by atoms with E-state index in [2.05, 4.69) is 19.9 Å². The largest absolute Gasteiger partial charge is 0.573 e.